The summed E-state index contributed by atoms with van der Waals surface area (Å²) in [7, 11) is 0. The fourth-order valence-electron chi connectivity index (χ4n) is 0. The van der Waals surface area contributed by atoms with Crippen LogP contribution in [-0.2, 0) is 39.3 Å². The summed E-state index contributed by atoms with van der Waals surface area (Å²) in [6, 6.07) is 0. The molecule has 5 heteroatoms. The van der Waals surface area contributed by atoms with E-state index < -0.39 is 0 Å². The third kappa shape index (κ3) is 18.3. The van der Waals surface area contributed by atoms with Gasteiger partial charge >= 0.3 is 62.3 Å². The van der Waals surface area contributed by atoms with Crippen LogP contribution in [0.15, 0.2) is 0 Å². The van der Waals surface area contributed by atoms with Gasteiger partial charge in [0.1, 0.15) is 0 Å². The van der Waals surface area contributed by atoms with E-state index in [1.165, 1.54) is 0 Å². The maximum absolute atomic E-state index is 0. The van der Waals surface area contributed by atoms with Crippen molar-refractivity contribution in [1.82, 2.24) is 0 Å². The van der Waals surface area contributed by atoms with E-state index in [0.717, 1.165) is 0 Å². The van der Waals surface area contributed by atoms with Gasteiger partial charge in [-0.25, -0.2) is 0 Å². The Hall–Kier alpha value is 3.66. The van der Waals surface area contributed by atoms with E-state index in [4.69, 9.17) is 0 Å². The maximum atomic E-state index is 0. The van der Waals surface area contributed by atoms with Crippen LogP contribution in [0, 0.1) is 35.6 Å². The van der Waals surface area contributed by atoms with Crippen molar-refractivity contribution in [2.45, 2.75) is 0 Å². The van der Waals surface area contributed by atoms with Crippen molar-refractivity contribution in [3.63, 3.8) is 0 Å². The summed E-state index contributed by atoms with van der Waals surface area (Å²) < 4.78 is 0. The Morgan fingerprint density at radius 2 is 1.00 bits per heavy atom. The predicted molar refractivity (Wildman–Crippen MR) is 9.23 cm³/mol. The Morgan fingerprint density at radius 3 is 1.00 bits per heavy atom. The summed E-state index contributed by atoms with van der Waals surface area (Å²) in [6.45, 7) is 0. The zero-order chi connectivity index (χ0) is 0. The van der Waals surface area contributed by atoms with E-state index in [-0.39, 0.29) is 120 Å². The Labute approximate surface area is 117 Å². The van der Waals surface area contributed by atoms with Crippen molar-refractivity contribution in [2.75, 3.05) is 0 Å². The molecular formula is H2CoFeLaOSr. The van der Waals surface area contributed by atoms with Crippen LogP contribution in [0.1, 0.15) is 0 Å². The van der Waals surface area contributed by atoms with Crippen LogP contribution >= 0.6 is 0 Å². The molecular weight excluding hydrogens is 357 g/mol. The topological polar surface area (TPSA) is 28.5 Å². The average Bonchev–Trinajstić information content (AvgIpc) is 0. The molecule has 0 heterocycles. The van der Waals surface area contributed by atoms with E-state index in [0.29, 0.717) is 0 Å². The van der Waals surface area contributed by atoms with Gasteiger partial charge in [-0.05, 0) is 0 Å². The first-order valence-electron chi connectivity index (χ1n) is 0. The van der Waals surface area contributed by atoms with Crippen molar-refractivity contribution in [1.29, 1.82) is 0 Å². The molecule has 0 aliphatic heterocycles. The Kier molecular flexibility index (Phi) is 192. The third-order valence-corrected chi connectivity index (χ3v) is 0. The second-order valence-corrected chi connectivity index (χ2v) is 0. The molecule has 2 radical (unpaired) electrons. The van der Waals surface area contributed by atoms with Gasteiger partial charge in [0.15, 0.2) is 0 Å². The first-order valence-corrected chi connectivity index (χ1v) is 0. The molecule has 0 aliphatic carbocycles. The van der Waals surface area contributed by atoms with Gasteiger partial charge in [0.25, 0.3) is 0 Å². The van der Waals surface area contributed by atoms with E-state index in [1.54, 1.807) is 0 Å². The van der Waals surface area contributed by atoms with Gasteiger partial charge in [-0.1, -0.05) is 0 Å². The summed E-state index contributed by atoms with van der Waals surface area (Å²) >= 11 is 0. The first-order chi connectivity index (χ1) is 0. The molecule has 0 aromatic rings. The molecule has 0 bridgehead atoms. The zero-order valence-electron chi connectivity index (χ0n) is 1.67. The molecule has 0 spiro atoms. The molecule has 0 atom stereocenters. The number of hydrogen-bond donors (Lipinski definition) is 0. The monoisotopic (exact) mass is 360 g/mol. The van der Waals surface area contributed by atoms with Crippen molar-refractivity contribution in [2.24, 2.45) is 0 Å². The molecule has 0 N–H and O–H groups in total. The molecule has 0 aromatic carbocycles. The van der Waals surface area contributed by atoms with E-state index >= 15 is 0 Å². The average molecular weight is 359 g/mol. The minimum atomic E-state index is 0. The van der Waals surface area contributed by atoms with Crippen LogP contribution in [0.4, 0.5) is 0 Å². The standard InChI is InChI=1S/Co.Fe.La.O.Sr.2H/q+2;;;-2;;;. The summed E-state index contributed by atoms with van der Waals surface area (Å²) in [5, 5.41) is 0. The van der Waals surface area contributed by atoms with Gasteiger partial charge in [0, 0.05) is 52.7 Å². The van der Waals surface area contributed by atoms with Gasteiger partial charge < -0.3 is 5.48 Å². The van der Waals surface area contributed by atoms with Crippen molar-refractivity contribution in [3.8, 4) is 0 Å². The first kappa shape index (κ1) is 37.9. The zero-order valence-corrected chi connectivity index (χ0v) is 7.44. The molecule has 0 saturated carbocycles. The van der Waals surface area contributed by atoms with Gasteiger partial charge in [-0.15, -0.1) is 0 Å². The van der Waals surface area contributed by atoms with Gasteiger partial charge in [-0.2, -0.15) is 0 Å². The molecule has 0 saturated heterocycles. The van der Waals surface area contributed by atoms with Crippen molar-refractivity contribution < 1.29 is 74.9 Å². The third-order valence-electron chi connectivity index (χ3n) is 0. The molecule has 0 unspecified atom stereocenters. The SMILES string of the molecule is [Co+2].[Fe].[La].[O-2].[SrH2]. The van der Waals surface area contributed by atoms with Crippen molar-refractivity contribution >= 4 is 45.5 Å². The van der Waals surface area contributed by atoms with Crippen LogP contribution < -0.4 is 0 Å². The molecule has 30 valence electrons. The minimum absolute atomic E-state index is 0. The van der Waals surface area contributed by atoms with Gasteiger partial charge in [0.05, 0.1) is 0 Å². The molecule has 1 nitrogen and oxygen atoms in total. The molecule has 0 amide bonds. The van der Waals surface area contributed by atoms with Gasteiger partial charge in [-0.3, -0.25) is 0 Å². The quantitative estimate of drug-likeness (QED) is 0.495. The van der Waals surface area contributed by atoms with E-state index in [9.17, 15) is 0 Å². The second kappa shape index (κ2) is 25.4. The summed E-state index contributed by atoms with van der Waals surface area (Å²) in [4.78, 5) is 0. The predicted octanol–water partition coefficient (Wildman–Crippen LogP) is -1.04. The summed E-state index contributed by atoms with van der Waals surface area (Å²) in [6.07, 6.45) is 0. The van der Waals surface area contributed by atoms with Crippen molar-refractivity contribution in [3.05, 3.63) is 0 Å². The second-order valence-electron chi connectivity index (χ2n) is 0. The molecule has 0 rings (SSSR count). The fraction of sp³-hybridized carbons (Fsp3) is 0. The Morgan fingerprint density at radius 1 is 1.00 bits per heavy atom. The fourth-order valence-corrected chi connectivity index (χ4v) is 0. The molecule has 0 aromatic heterocycles. The van der Waals surface area contributed by atoms with Crippen LogP contribution in [0.5, 0.6) is 0 Å². The number of hydrogen-bond acceptors (Lipinski definition) is 0. The molecule has 5 heavy (non-hydrogen) atoms. The van der Waals surface area contributed by atoms with Crippen LogP contribution in [-0.4, -0.2) is 45.5 Å². The molecule has 0 fully saturated rings. The normalized spacial score (nSPS) is 0. The van der Waals surface area contributed by atoms with Crippen LogP contribution in [0.2, 0.25) is 0 Å². The van der Waals surface area contributed by atoms with E-state index in [1.807, 2.05) is 0 Å². The van der Waals surface area contributed by atoms with E-state index in [2.05, 4.69) is 0 Å². The summed E-state index contributed by atoms with van der Waals surface area (Å²) in [5.41, 5.74) is 0. The van der Waals surface area contributed by atoms with Crippen LogP contribution in [0.3, 0.4) is 0 Å². The summed E-state index contributed by atoms with van der Waals surface area (Å²) in [5.74, 6) is 0. The Balaban J connectivity index is 0. The Bertz CT molecular complexity index is 11.6. The molecule has 0 aliphatic rings. The van der Waals surface area contributed by atoms with Gasteiger partial charge in [0.2, 0.25) is 0 Å². The number of rotatable bonds is 0. The van der Waals surface area contributed by atoms with Crippen LogP contribution in [0.25, 0.3) is 0 Å².